The van der Waals surface area contributed by atoms with Gasteiger partial charge in [0.1, 0.15) is 0 Å². The molecule has 158 valence electrons. The van der Waals surface area contributed by atoms with Crippen LogP contribution in [0, 0.1) is 0 Å². The predicted molar refractivity (Wildman–Crippen MR) is 116 cm³/mol. The molecule has 0 saturated carbocycles. The zero-order valence-electron chi connectivity index (χ0n) is 17.4. The maximum Gasteiger partial charge on any atom is 0.321 e. The highest BCUT2D eigenvalue weighted by atomic mass is 16.2. The van der Waals surface area contributed by atoms with Gasteiger partial charge in [-0.05, 0) is 49.9 Å². The van der Waals surface area contributed by atoms with Crippen molar-refractivity contribution in [2.75, 3.05) is 18.0 Å². The summed E-state index contributed by atoms with van der Waals surface area (Å²) >= 11 is 0. The van der Waals surface area contributed by atoms with E-state index in [9.17, 15) is 14.4 Å². The molecule has 2 aromatic carbocycles. The lowest BCUT2D eigenvalue weighted by atomic mass is 9.95. The van der Waals surface area contributed by atoms with Crippen molar-refractivity contribution in [1.29, 1.82) is 0 Å². The van der Waals surface area contributed by atoms with Gasteiger partial charge >= 0.3 is 6.03 Å². The largest absolute Gasteiger partial charge is 0.362 e. The van der Waals surface area contributed by atoms with E-state index in [4.69, 9.17) is 0 Å². The third-order valence-corrected chi connectivity index (χ3v) is 4.89. The van der Waals surface area contributed by atoms with Crippen molar-refractivity contribution in [3.8, 4) is 0 Å². The summed E-state index contributed by atoms with van der Waals surface area (Å²) in [5.74, 6) is -0.487. The van der Waals surface area contributed by atoms with E-state index in [-0.39, 0.29) is 24.4 Å². The number of imide groups is 1. The lowest BCUT2D eigenvalue weighted by molar-refractivity contribution is -0.118. The second kappa shape index (κ2) is 9.91. The SMILES string of the molecule is CC(C)NC(=O)c1cccc2c1CCCN2CC(=O)NC(=O)NCc1ccccc1. The Labute approximate surface area is 176 Å². The van der Waals surface area contributed by atoms with Gasteiger partial charge in [0.25, 0.3) is 5.91 Å². The first-order valence-corrected chi connectivity index (χ1v) is 10.2. The number of hydrogen-bond donors (Lipinski definition) is 3. The van der Waals surface area contributed by atoms with Crippen molar-refractivity contribution in [1.82, 2.24) is 16.0 Å². The molecule has 0 saturated heterocycles. The highest BCUT2D eigenvalue weighted by molar-refractivity contribution is 5.99. The summed E-state index contributed by atoms with van der Waals surface area (Å²) in [5.41, 5.74) is 3.42. The van der Waals surface area contributed by atoms with Crippen molar-refractivity contribution in [2.24, 2.45) is 0 Å². The third-order valence-electron chi connectivity index (χ3n) is 4.89. The monoisotopic (exact) mass is 408 g/mol. The lowest BCUT2D eigenvalue weighted by Gasteiger charge is -2.31. The van der Waals surface area contributed by atoms with Crippen LogP contribution in [0.1, 0.15) is 41.8 Å². The Morgan fingerprint density at radius 1 is 1.03 bits per heavy atom. The van der Waals surface area contributed by atoms with E-state index in [1.807, 2.05) is 67.3 Å². The van der Waals surface area contributed by atoms with Crippen molar-refractivity contribution in [2.45, 2.75) is 39.3 Å². The summed E-state index contributed by atoms with van der Waals surface area (Å²) in [6, 6.07) is 14.6. The Morgan fingerprint density at radius 2 is 1.80 bits per heavy atom. The predicted octanol–water partition coefficient (Wildman–Crippen LogP) is 2.60. The van der Waals surface area contributed by atoms with Gasteiger partial charge in [0.05, 0.1) is 6.54 Å². The molecule has 1 aliphatic heterocycles. The van der Waals surface area contributed by atoms with Crippen molar-refractivity contribution in [3.05, 3.63) is 65.2 Å². The smallest absolute Gasteiger partial charge is 0.321 e. The van der Waals surface area contributed by atoms with Gasteiger partial charge in [0, 0.05) is 30.4 Å². The second-order valence-corrected chi connectivity index (χ2v) is 7.67. The number of rotatable bonds is 6. The number of benzene rings is 2. The molecule has 3 rings (SSSR count). The normalized spacial score (nSPS) is 12.8. The van der Waals surface area contributed by atoms with Crippen LogP contribution in [0.3, 0.4) is 0 Å². The Hall–Kier alpha value is -3.35. The van der Waals surface area contributed by atoms with E-state index in [2.05, 4.69) is 16.0 Å². The summed E-state index contributed by atoms with van der Waals surface area (Å²) in [4.78, 5) is 38.9. The number of nitrogens with zero attached hydrogens (tertiary/aromatic N) is 1. The number of hydrogen-bond acceptors (Lipinski definition) is 4. The molecule has 0 spiro atoms. The minimum absolute atomic E-state index is 0.0493. The summed E-state index contributed by atoms with van der Waals surface area (Å²) < 4.78 is 0. The zero-order valence-corrected chi connectivity index (χ0v) is 17.4. The summed E-state index contributed by atoms with van der Waals surface area (Å²) in [7, 11) is 0. The van der Waals surface area contributed by atoms with E-state index in [1.54, 1.807) is 0 Å². The second-order valence-electron chi connectivity index (χ2n) is 7.67. The van der Waals surface area contributed by atoms with E-state index >= 15 is 0 Å². The van der Waals surface area contributed by atoms with Crippen LogP contribution < -0.4 is 20.9 Å². The summed E-state index contributed by atoms with van der Waals surface area (Å²) in [5, 5.41) is 8.00. The molecule has 7 nitrogen and oxygen atoms in total. The van der Waals surface area contributed by atoms with E-state index in [0.29, 0.717) is 18.7 Å². The molecule has 0 bridgehead atoms. The molecule has 4 amide bonds. The summed E-state index contributed by atoms with van der Waals surface area (Å²) in [6.45, 7) is 4.95. The molecule has 1 heterocycles. The van der Waals surface area contributed by atoms with Crippen LogP contribution in [-0.4, -0.2) is 37.0 Å². The van der Waals surface area contributed by atoms with Crippen LogP contribution in [0.25, 0.3) is 0 Å². The number of urea groups is 1. The zero-order chi connectivity index (χ0) is 21.5. The van der Waals surface area contributed by atoms with Crippen LogP contribution >= 0.6 is 0 Å². The highest BCUT2D eigenvalue weighted by Crippen LogP contribution is 2.29. The minimum atomic E-state index is -0.522. The molecule has 0 fully saturated rings. The molecule has 7 heteroatoms. The topological polar surface area (TPSA) is 90.5 Å². The van der Waals surface area contributed by atoms with Gasteiger partial charge in [0.2, 0.25) is 5.91 Å². The number of nitrogens with one attached hydrogen (secondary N) is 3. The van der Waals surface area contributed by atoms with E-state index < -0.39 is 6.03 Å². The Kier molecular flexibility index (Phi) is 7.06. The Morgan fingerprint density at radius 3 is 2.53 bits per heavy atom. The van der Waals surface area contributed by atoms with Crippen LogP contribution in [0.15, 0.2) is 48.5 Å². The van der Waals surface area contributed by atoms with Crippen LogP contribution in [0.4, 0.5) is 10.5 Å². The maximum absolute atomic E-state index is 12.5. The molecule has 0 radical (unpaired) electrons. The fourth-order valence-corrected chi connectivity index (χ4v) is 3.58. The molecular formula is C23H28N4O3. The van der Waals surface area contributed by atoms with Crippen LogP contribution in [0.2, 0.25) is 0 Å². The number of fused-ring (bicyclic) bond motifs is 1. The van der Waals surface area contributed by atoms with E-state index in [0.717, 1.165) is 29.7 Å². The average Bonchev–Trinajstić information content (AvgIpc) is 2.72. The van der Waals surface area contributed by atoms with Gasteiger partial charge in [-0.3, -0.25) is 14.9 Å². The highest BCUT2D eigenvalue weighted by Gasteiger charge is 2.24. The number of carbonyl (C=O) groups excluding carboxylic acids is 3. The fourth-order valence-electron chi connectivity index (χ4n) is 3.58. The first-order valence-electron chi connectivity index (χ1n) is 10.2. The molecule has 0 aromatic heterocycles. The molecule has 0 aliphatic carbocycles. The number of carbonyl (C=O) groups is 3. The van der Waals surface area contributed by atoms with Gasteiger partial charge in [-0.2, -0.15) is 0 Å². The number of amides is 4. The molecule has 2 aromatic rings. The standard InChI is InChI=1S/C23H28N4O3/c1-16(2)25-22(29)19-10-6-12-20-18(19)11-7-13-27(20)15-21(28)26-23(30)24-14-17-8-4-3-5-9-17/h3-6,8-10,12,16H,7,11,13-15H2,1-2H3,(H,25,29)(H2,24,26,28,30). The Bertz CT molecular complexity index is 912. The van der Waals surface area contributed by atoms with Gasteiger partial charge in [-0.25, -0.2) is 4.79 Å². The van der Waals surface area contributed by atoms with Crippen LogP contribution in [0.5, 0.6) is 0 Å². The van der Waals surface area contributed by atoms with Crippen molar-refractivity contribution < 1.29 is 14.4 Å². The number of anilines is 1. The first kappa shape index (κ1) is 21.4. The van der Waals surface area contributed by atoms with Crippen molar-refractivity contribution in [3.63, 3.8) is 0 Å². The van der Waals surface area contributed by atoms with Gasteiger partial charge in [-0.1, -0.05) is 36.4 Å². The Balaban J connectivity index is 1.60. The molecule has 30 heavy (non-hydrogen) atoms. The van der Waals surface area contributed by atoms with Gasteiger partial charge in [-0.15, -0.1) is 0 Å². The minimum Gasteiger partial charge on any atom is -0.362 e. The first-order chi connectivity index (χ1) is 14.4. The quantitative estimate of drug-likeness (QED) is 0.685. The van der Waals surface area contributed by atoms with Gasteiger partial charge < -0.3 is 15.5 Å². The lowest BCUT2D eigenvalue weighted by Crippen LogP contribution is -2.45. The van der Waals surface area contributed by atoms with Crippen molar-refractivity contribution >= 4 is 23.5 Å². The molecule has 1 aliphatic rings. The molecule has 0 unspecified atom stereocenters. The van der Waals surface area contributed by atoms with E-state index in [1.165, 1.54) is 0 Å². The average molecular weight is 409 g/mol. The summed E-state index contributed by atoms with van der Waals surface area (Å²) in [6.07, 6.45) is 1.62. The van der Waals surface area contributed by atoms with Crippen LogP contribution in [-0.2, 0) is 17.8 Å². The molecular weight excluding hydrogens is 380 g/mol. The molecule has 3 N–H and O–H groups in total. The third kappa shape index (κ3) is 5.59. The molecule has 0 atom stereocenters. The maximum atomic E-state index is 12.5. The fraction of sp³-hybridized carbons (Fsp3) is 0.348. The van der Waals surface area contributed by atoms with Gasteiger partial charge in [0.15, 0.2) is 0 Å².